The number of nitrogens with one attached hydrogen (secondary N) is 1. The van der Waals surface area contributed by atoms with Gasteiger partial charge >= 0.3 is 12.0 Å². The van der Waals surface area contributed by atoms with E-state index in [1.807, 2.05) is 0 Å². The minimum atomic E-state index is -0.406. The van der Waals surface area contributed by atoms with Gasteiger partial charge in [-0.05, 0) is 32.1 Å². The van der Waals surface area contributed by atoms with Crippen molar-refractivity contribution in [2.45, 2.75) is 44.7 Å². The summed E-state index contributed by atoms with van der Waals surface area (Å²) in [5, 5.41) is 3.51. The van der Waals surface area contributed by atoms with Gasteiger partial charge in [-0.25, -0.2) is 4.79 Å². The molecule has 1 aliphatic heterocycles. The molecular weight excluding hydrogens is 246 g/mol. The summed E-state index contributed by atoms with van der Waals surface area (Å²) in [5.74, 6) is -0.0551. The third kappa shape index (κ3) is 4.38. The number of carbonyl (C=O) groups is 2. The molecule has 1 saturated heterocycles. The Morgan fingerprint density at radius 2 is 2.05 bits per heavy atom. The number of hydrogen-bond acceptors (Lipinski definition) is 4. The van der Waals surface area contributed by atoms with Crippen molar-refractivity contribution in [1.29, 1.82) is 0 Å². The van der Waals surface area contributed by atoms with Crippen molar-refractivity contribution < 1.29 is 14.3 Å². The topological polar surface area (TPSA) is 84.7 Å². The highest BCUT2D eigenvalue weighted by Gasteiger charge is 2.33. The van der Waals surface area contributed by atoms with Gasteiger partial charge in [0.15, 0.2) is 0 Å². The second kappa shape index (κ2) is 6.23. The van der Waals surface area contributed by atoms with Crippen LogP contribution in [0.15, 0.2) is 0 Å². The number of urea groups is 1. The standard InChI is InChI=1S/C13H23N3O3/c1-2-19-12(17)6-9-5-11(15-10-3-4-10)8-16(7-9)13(14)18/h9-11,15H,2-8H2,1H3,(H2,14,18). The van der Waals surface area contributed by atoms with E-state index >= 15 is 0 Å². The Morgan fingerprint density at radius 3 is 2.63 bits per heavy atom. The van der Waals surface area contributed by atoms with Crippen LogP contribution in [0.25, 0.3) is 0 Å². The highest BCUT2D eigenvalue weighted by molar-refractivity contribution is 5.73. The van der Waals surface area contributed by atoms with E-state index in [2.05, 4.69) is 5.32 Å². The molecule has 0 aromatic heterocycles. The Morgan fingerprint density at radius 1 is 1.32 bits per heavy atom. The number of ether oxygens (including phenoxy) is 1. The summed E-state index contributed by atoms with van der Waals surface area (Å²) in [6.45, 7) is 3.39. The Bertz CT molecular complexity index is 344. The molecule has 2 unspecified atom stereocenters. The summed E-state index contributed by atoms with van der Waals surface area (Å²) >= 11 is 0. The van der Waals surface area contributed by atoms with Crippen LogP contribution in [0.3, 0.4) is 0 Å². The molecule has 0 bridgehead atoms. The molecule has 19 heavy (non-hydrogen) atoms. The second-order valence-electron chi connectivity index (χ2n) is 5.49. The largest absolute Gasteiger partial charge is 0.466 e. The van der Waals surface area contributed by atoms with Crippen LogP contribution >= 0.6 is 0 Å². The Hall–Kier alpha value is -1.30. The molecule has 1 aliphatic carbocycles. The second-order valence-corrected chi connectivity index (χ2v) is 5.49. The van der Waals surface area contributed by atoms with Crippen LogP contribution < -0.4 is 11.1 Å². The molecule has 6 nitrogen and oxygen atoms in total. The third-order valence-corrected chi connectivity index (χ3v) is 3.66. The van der Waals surface area contributed by atoms with Crippen molar-refractivity contribution >= 4 is 12.0 Å². The first kappa shape index (κ1) is 14.1. The normalized spacial score (nSPS) is 27.1. The molecule has 1 saturated carbocycles. The number of rotatable bonds is 5. The summed E-state index contributed by atoms with van der Waals surface area (Å²) in [4.78, 5) is 24.5. The van der Waals surface area contributed by atoms with Gasteiger partial charge in [0.2, 0.25) is 0 Å². The summed E-state index contributed by atoms with van der Waals surface area (Å²) in [5.41, 5.74) is 5.37. The fraction of sp³-hybridized carbons (Fsp3) is 0.846. The zero-order valence-corrected chi connectivity index (χ0v) is 11.4. The van der Waals surface area contributed by atoms with E-state index in [9.17, 15) is 9.59 Å². The van der Waals surface area contributed by atoms with Crippen molar-refractivity contribution in [3.05, 3.63) is 0 Å². The first-order valence-electron chi connectivity index (χ1n) is 7.04. The maximum absolute atomic E-state index is 11.6. The van der Waals surface area contributed by atoms with Gasteiger partial charge in [-0.15, -0.1) is 0 Å². The van der Waals surface area contributed by atoms with E-state index < -0.39 is 6.03 Å². The van der Waals surface area contributed by atoms with Crippen molar-refractivity contribution in [2.75, 3.05) is 19.7 Å². The summed E-state index contributed by atoms with van der Waals surface area (Å²) in [6.07, 6.45) is 3.67. The summed E-state index contributed by atoms with van der Waals surface area (Å²) in [6, 6.07) is 0.422. The van der Waals surface area contributed by atoms with E-state index in [1.54, 1.807) is 11.8 Å². The molecule has 6 heteroatoms. The predicted octanol–water partition coefficient (Wildman–Crippen LogP) is 0.461. The van der Waals surface area contributed by atoms with Crippen LogP contribution in [0.1, 0.15) is 32.6 Å². The van der Waals surface area contributed by atoms with Gasteiger partial charge in [0.1, 0.15) is 0 Å². The highest BCUT2D eigenvalue weighted by atomic mass is 16.5. The van der Waals surface area contributed by atoms with Crippen molar-refractivity contribution in [2.24, 2.45) is 11.7 Å². The number of carbonyl (C=O) groups excluding carboxylic acids is 2. The Balaban J connectivity index is 1.89. The molecule has 2 atom stereocenters. The van der Waals surface area contributed by atoms with E-state index in [0.29, 0.717) is 32.2 Å². The quantitative estimate of drug-likeness (QED) is 0.710. The third-order valence-electron chi connectivity index (χ3n) is 3.66. The average Bonchev–Trinajstić information content (AvgIpc) is 3.12. The number of amides is 2. The van der Waals surface area contributed by atoms with Crippen LogP contribution in [0.4, 0.5) is 4.79 Å². The Kier molecular flexibility index (Phi) is 4.63. The van der Waals surface area contributed by atoms with Gasteiger partial charge < -0.3 is 20.7 Å². The smallest absolute Gasteiger partial charge is 0.314 e. The fourth-order valence-corrected chi connectivity index (χ4v) is 2.69. The minimum absolute atomic E-state index is 0.136. The number of piperidine rings is 1. The Labute approximate surface area is 113 Å². The number of esters is 1. The number of nitrogens with zero attached hydrogens (tertiary/aromatic N) is 1. The van der Waals surface area contributed by atoms with Crippen molar-refractivity contribution in [1.82, 2.24) is 10.2 Å². The number of hydrogen-bond donors (Lipinski definition) is 2. The van der Waals surface area contributed by atoms with Crippen LogP contribution in [-0.4, -0.2) is 48.7 Å². The van der Waals surface area contributed by atoms with Crippen LogP contribution in [-0.2, 0) is 9.53 Å². The molecule has 2 aliphatic rings. The molecule has 108 valence electrons. The van der Waals surface area contributed by atoms with Crippen molar-refractivity contribution in [3.8, 4) is 0 Å². The summed E-state index contributed by atoms with van der Waals surface area (Å²) in [7, 11) is 0. The van der Waals surface area contributed by atoms with Crippen LogP contribution in [0, 0.1) is 5.92 Å². The molecule has 0 spiro atoms. The average molecular weight is 269 g/mol. The number of nitrogens with two attached hydrogens (primary N) is 1. The lowest BCUT2D eigenvalue weighted by Gasteiger charge is -2.37. The zero-order chi connectivity index (χ0) is 13.8. The van der Waals surface area contributed by atoms with E-state index in [4.69, 9.17) is 10.5 Å². The van der Waals surface area contributed by atoms with Gasteiger partial charge in [0.05, 0.1) is 13.0 Å². The first-order chi connectivity index (χ1) is 9.08. The van der Waals surface area contributed by atoms with E-state index in [0.717, 1.165) is 6.42 Å². The number of primary amides is 1. The minimum Gasteiger partial charge on any atom is -0.466 e. The molecule has 0 radical (unpaired) electrons. The monoisotopic (exact) mass is 269 g/mol. The van der Waals surface area contributed by atoms with Gasteiger partial charge in [-0.2, -0.15) is 0 Å². The number of likely N-dealkylation sites (tertiary alicyclic amines) is 1. The van der Waals surface area contributed by atoms with Gasteiger partial charge in [-0.3, -0.25) is 4.79 Å². The molecule has 2 rings (SSSR count). The first-order valence-corrected chi connectivity index (χ1v) is 7.04. The lowest BCUT2D eigenvalue weighted by molar-refractivity contribution is -0.144. The maximum atomic E-state index is 11.6. The lowest BCUT2D eigenvalue weighted by atomic mass is 9.91. The molecule has 2 fully saturated rings. The zero-order valence-electron chi connectivity index (χ0n) is 11.4. The lowest BCUT2D eigenvalue weighted by Crippen LogP contribution is -2.53. The highest BCUT2D eigenvalue weighted by Crippen LogP contribution is 2.25. The van der Waals surface area contributed by atoms with E-state index in [1.165, 1.54) is 12.8 Å². The molecule has 0 aromatic carbocycles. The molecular formula is C13H23N3O3. The van der Waals surface area contributed by atoms with Crippen LogP contribution in [0.2, 0.25) is 0 Å². The maximum Gasteiger partial charge on any atom is 0.314 e. The predicted molar refractivity (Wildman–Crippen MR) is 70.5 cm³/mol. The fourth-order valence-electron chi connectivity index (χ4n) is 2.69. The van der Waals surface area contributed by atoms with Crippen LogP contribution in [0.5, 0.6) is 0 Å². The van der Waals surface area contributed by atoms with Gasteiger partial charge in [-0.1, -0.05) is 0 Å². The SMILES string of the molecule is CCOC(=O)CC1CC(NC2CC2)CN(C(N)=O)C1. The van der Waals surface area contributed by atoms with Gasteiger partial charge in [0, 0.05) is 25.2 Å². The molecule has 0 aromatic rings. The van der Waals surface area contributed by atoms with Gasteiger partial charge in [0.25, 0.3) is 0 Å². The summed E-state index contributed by atoms with van der Waals surface area (Å²) < 4.78 is 4.97. The van der Waals surface area contributed by atoms with E-state index in [-0.39, 0.29) is 17.9 Å². The molecule has 2 amide bonds. The molecule has 3 N–H and O–H groups in total. The van der Waals surface area contributed by atoms with Crippen molar-refractivity contribution in [3.63, 3.8) is 0 Å². The molecule has 1 heterocycles.